The fourth-order valence-electron chi connectivity index (χ4n) is 3.90. The highest BCUT2D eigenvalue weighted by Crippen LogP contribution is 2.39. The van der Waals surface area contributed by atoms with Gasteiger partial charge in [-0.05, 0) is 42.5 Å². The highest BCUT2D eigenvalue weighted by atomic mass is 35.5. The van der Waals surface area contributed by atoms with Gasteiger partial charge in [0.2, 0.25) is 0 Å². The van der Waals surface area contributed by atoms with Crippen LogP contribution in [0.15, 0.2) is 36.4 Å². The van der Waals surface area contributed by atoms with Crippen molar-refractivity contribution in [1.29, 1.82) is 0 Å². The molecule has 0 aliphatic carbocycles. The first kappa shape index (κ1) is 24.0. The van der Waals surface area contributed by atoms with E-state index in [0.29, 0.717) is 12.6 Å². The minimum Gasteiger partial charge on any atom is -0.494 e. The van der Waals surface area contributed by atoms with Crippen molar-refractivity contribution in [3.8, 4) is 5.75 Å². The molecule has 0 bridgehead atoms. The number of fused-ring (bicyclic) bond motifs is 1. The molecule has 0 saturated carbocycles. The topological polar surface area (TPSA) is 24.5 Å². The number of benzene rings is 2. The van der Waals surface area contributed by atoms with Crippen LogP contribution in [-0.2, 0) is 0 Å². The van der Waals surface area contributed by atoms with E-state index < -0.39 is 0 Å². The summed E-state index contributed by atoms with van der Waals surface area (Å²) in [6.07, 6.45) is 2.43. The summed E-state index contributed by atoms with van der Waals surface area (Å²) in [5.41, 5.74) is 1.39. The SMILES string of the molecule is CCOc1ccc2ccccc2c1[C@H](CCC(C)C)N1CCNCC1.Cl.Cl. The van der Waals surface area contributed by atoms with Crippen LogP contribution in [0, 0.1) is 5.92 Å². The van der Waals surface area contributed by atoms with Crippen LogP contribution in [0.3, 0.4) is 0 Å². The number of rotatable bonds is 7. The van der Waals surface area contributed by atoms with E-state index in [4.69, 9.17) is 4.74 Å². The lowest BCUT2D eigenvalue weighted by molar-refractivity contribution is 0.157. The van der Waals surface area contributed by atoms with Gasteiger partial charge in [0, 0.05) is 37.8 Å². The van der Waals surface area contributed by atoms with E-state index >= 15 is 0 Å². The zero-order valence-corrected chi connectivity index (χ0v) is 18.4. The maximum absolute atomic E-state index is 6.08. The maximum Gasteiger partial charge on any atom is 0.124 e. The summed E-state index contributed by atoms with van der Waals surface area (Å²) in [5.74, 6) is 1.78. The maximum atomic E-state index is 6.08. The second-order valence-corrected chi connectivity index (χ2v) is 7.40. The number of ether oxygens (including phenoxy) is 1. The molecule has 2 aromatic carbocycles. The molecule has 3 nitrogen and oxygen atoms in total. The van der Waals surface area contributed by atoms with Crippen molar-refractivity contribution in [2.45, 2.75) is 39.7 Å². The second kappa shape index (κ2) is 11.8. The molecule has 27 heavy (non-hydrogen) atoms. The lowest BCUT2D eigenvalue weighted by Gasteiger charge is -2.37. The van der Waals surface area contributed by atoms with Gasteiger partial charge in [0.25, 0.3) is 0 Å². The summed E-state index contributed by atoms with van der Waals surface area (Å²) in [6, 6.07) is 13.5. The van der Waals surface area contributed by atoms with Gasteiger partial charge in [-0.1, -0.05) is 44.2 Å². The molecule has 0 amide bonds. The van der Waals surface area contributed by atoms with Crippen molar-refractivity contribution in [1.82, 2.24) is 10.2 Å². The molecule has 3 rings (SSSR count). The monoisotopic (exact) mass is 412 g/mol. The molecule has 1 heterocycles. The molecule has 1 fully saturated rings. The molecule has 1 saturated heterocycles. The van der Waals surface area contributed by atoms with Crippen molar-refractivity contribution in [3.05, 3.63) is 42.0 Å². The van der Waals surface area contributed by atoms with Gasteiger partial charge in [-0.15, -0.1) is 24.8 Å². The summed E-state index contributed by atoms with van der Waals surface area (Å²) < 4.78 is 6.08. The Labute approximate surface area is 176 Å². The molecule has 1 aliphatic heterocycles. The third-order valence-corrected chi connectivity index (χ3v) is 5.17. The number of halogens is 2. The quantitative estimate of drug-likeness (QED) is 0.652. The van der Waals surface area contributed by atoms with Crippen LogP contribution in [0.1, 0.15) is 45.2 Å². The summed E-state index contributed by atoms with van der Waals surface area (Å²) in [6.45, 7) is 11.8. The molecular formula is C22H34Cl2N2O. The van der Waals surface area contributed by atoms with E-state index in [0.717, 1.165) is 37.8 Å². The molecule has 0 aromatic heterocycles. The summed E-state index contributed by atoms with van der Waals surface area (Å²) in [7, 11) is 0. The minimum absolute atomic E-state index is 0. The van der Waals surface area contributed by atoms with Crippen molar-refractivity contribution in [3.63, 3.8) is 0 Å². The Balaban J connectivity index is 0.00000182. The van der Waals surface area contributed by atoms with E-state index in [1.807, 2.05) is 0 Å². The number of hydrogen-bond acceptors (Lipinski definition) is 3. The van der Waals surface area contributed by atoms with Gasteiger partial charge < -0.3 is 10.1 Å². The van der Waals surface area contributed by atoms with Crippen molar-refractivity contribution in [2.75, 3.05) is 32.8 Å². The van der Waals surface area contributed by atoms with E-state index in [2.05, 4.69) is 67.4 Å². The zero-order valence-electron chi connectivity index (χ0n) is 16.7. The number of nitrogens with one attached hydrogen (secondary N) is 1. The molecule has 0 unspecified atom stereocenters. The predicted molar refractivity (Wildman–Crippen MR) is 121 cm³/mol. The van der Waals surface area contributed by atoms with Crippen LogP contribution in [0.25, 0.3) is 10.8 Å². The zero-order chi connectivity index (χ0) is 17.6. The minimum atomic E-state index is 0. The highest BCUT2D eigenvalue weighted by Gasteiger charge is 2.26. The molecule has 152 valence electrons. The molecule has 1 N–H and O–H groups in total. The van der Waals surface area contributed by atoms with Gasteiger partial charge in [-0.3, -0.25) is 4.90 Å². The standard InChI is InChI=1S/C22H32N2O.2ClH/c1-4-25-21-12-10-18-7-5-6-8-19(18)22(21)20(11-9-17(2)3)24-15-13-23-14-16-24;;/h5-8,10,12,17,20,23H,4,9,11,13-16H2,1-3H3;2*1H/t20-;;/m0../s1. The smallest absolute Gasteiger partial charge is 0.124 e. The molecular weight excluding hydrogens is 379 g/mol. The van der Waals surface area contributed by atoms with Crippen molar-refractivity contribution < 1.29 is 4.74 Å². The van der Waals surface area contributed by atoms with Crippen molar-refractivity contribution >= 4 is 35.6 Å². The van der Waals surface area contributed by atoms with Gasteiger partial charge in [0.05, 0.1) is 6.61 Å². The molecule has 5 heteroatoms. The van der Waals surface area contributed by atoms with E-state index in [-0.39, 0.29) is 24.8 Å². The van der Waals surface area contributed by atoms with Crippen LogP contribution in [0.4, 0.5) is 0 Å². The predicted octanol–water partition coefficient (Wildman–Crippen LogP) is 5.46. The van der Waals surface area contributed by atoms with Crippen LogP contribution in [-0.4, -0.2) is 37.7 Å². The van der Waals surface area contributed by atoms with Gasteiger partial charge in [-0.25, -0.2) is 0 Å². The number of piperazine rings is 1. The van der Waals surface area contributed by atoms with E-state index in [1.165, 1.54) is 29.2 Å². The Bertz CT molecular complexity index is 687. The summed E-state index contributed by atoms with van der Waals surface area (Å²) in [4.78, 5) is 2.66. The Hall–Kier alpha value is -1.00. The first-order valence-electron chi connectivity index (χ1n) is 9.80. The Morgan fingerprint density at radius 2 is 1.70 bits per heavy atom. The van der Waals surface area contributed by atoms with Crippen LogP contribution >= 0.6 is 24.8 Å². The molecule has 0 radical (unpaired) electrons. The van der Waals surface area contributed by atoms with Gasteiger partial charge in [0.1, 0.15) is 5.75 Å². The van der Waals surface area contributed by atoms with Gasteiger partial charge >= 0.3 is 0 Å². The summed E-state index contributed by atoms with van der Waals surface area (Å²) in [5, 5.41) is 6.15. The molecule has 2 aromatic rings. The Morgan fingerprint density at radius 1 is 1.00 bits per heavy atom. The Kier molecular flexibility index (Phi) is 10.5. The summed E-state index contributed by atoms with van der Waals surface area (Å²) >= 11 is 0. The third-order valence-electron chi connectivity index (χ3n) is 5.17. The number of hydrogen-bond donors (Lipinski definition) is 1. The average Bonchev–Trinajstić information content (AvgIpc) is 2.64. The van der Waals surface area contributed by atoms with E-state index in [9.17, 15) is 0 Å². The van der Waals surface area contributed by atoms with Gasteiger partial charge in [0.15, 0.2) is 0 Å². The van der Waals surface area contributed by atoms with Crippen LogP contribution in [0.5, 0.6) is 5.75 Å². The fourth-order valence-corrected chi connectivity index (χ4v) is 3.90. The Morgan fingerprint density at radius 3 is 2.37 bits per heavy atom. The normalized spacial score (nSPS) is 15.9. The first-order valence-corrected chi connectivity index (χ1v) is 9.80. The molecule has 1 aliphatic rings. The average molecular weight is 413 g/mol. The number of nitrogens with zero attached hydrogens (tertiary/aromatic N) is 1. The highest BCUT2D eigenvalue weighted by molar-refractivity contribution is 5.88. The van der Waals surface area contributed by atoms with Crippen molar-refractivity contribution in [2.24, 2.45) is 5.92 Å². The fraction of sp³-hybridized carbons (Fsp3) is 0.545. The third kappa shape index (κ3) is 5.99. The molecule has 1 atom stereocenters. The van der Waals surface area contributed by atoms with E-state index in [1.54, 1.807) is 0 Å². The first-order chi connectivity index (χ1) is 12.2. The van der Waals surface area contributed by atoms with Gasteiger partial charge in [-0.2, -0.15) is 0 Å². The lowest BCUT2D eigenvalue weighted by Crippen LogP contribution is -2.45. The lowest BCUT2D eigenvalue weighted by atomic mass is 9.91. The van der Waals surface area contributed by atoms with Crippen LogP contribution in [0.2, 0.25) is 0 Å². The second-order valence-electron chi connectivity index (χ2n) is 7.40. The van der Waals surface area contributed by atoms with Crippen LogP contribution < -0.4 is 10.1 Å². The molecule has 0 spiro atoms. The largest absolute Gasteiger partial charge is 0.494 e.